The molecule has 0 heterocycles. The van der Waals surface area contributed by atoms with Gasteiger partial charge in [0.15, 0.2) is 0 Å². The summed E-state index contributed by atoms with van der Waals surface area (Å²) in [5.41, 5.74) is 10.5. The topological polar surface area (TPSA) is 48.8 Å². The molecule has 0 radical (unpaired) electrons. The molecule has 76 valence electrons. The Kier molecular flexibility index (Phi) is 5.83. The van der Waals surface area contributed by atoms with Crippen molar-refractivity contribution in [3.63, 3.8) is 0 Å². The third-order valence-electron chi connectivity index (χ3n) is 2.63. The van der Waals surface area contributed by atoms with Crippen LogP contribution in [0.3, 0.4) is 0 Å². The van der Waals surface area contributed by atoms with Crippen molar-refractivity contribution in [1.82, 2.24) is 0 Å². The van der Waals surface area contributed by atoms with Gasteiger partial charge in [-0.15, -0.1) is 0 Å². The molecule has 0 rings (SSSR count). The molecule has 0 aromatic heterocycles. The van der Waals surface area contributed by atoms with Gasteiger partial charge < -0.3 is 0 Å². The second-order valence-electron chi connectivity index (χ2n) is 4.46. The van der Waals surface area contributed by atoms with Crippen LogP contribution in [0.25, 0.3) is 10.4 Å². The highest BCUT2D eigenvalue weighted by molar-refractivity contribution is 6.63. The Morgan fingerprint density at radius 2 is 1.62 bits per heavy atom. The van der Waals surface area contributed by atoms with Gasteiger partial charge in [0.25, 0.3) is 0 Å². The normalized spacial score (nSPS) is 13.5. The van der Waals surface area contributed by atoms with E-state index in [1.807, 2.05) is 0 Å². The minimum absolute atomic E-state index is 0.621. The van der Waals surface area contributed by atoms with Crippen LogP contribution in [-0.2, 0) is 0 Å². The molecule has 0 fully saturated rings. The summed E-state index contributed by atoms with van der Waals surface area (Å²) in [6.07, 6.45) is 0. The fraction of sp³-hybridized carbons (Fsp3) is 1.00. The van der Waals surface area contributed by atoms with Crippen LogP contribution < -0.4 is 0 Å². The first-order chi connectivity index (χ1) is 6.00. The maximum atomic E-state index is 8.25. The molecule has 0 aliphatic rings. The van der Waals surface area contributed by atoms with Crippen LogP contribution in [-0.4, -0.2) is 15.3 Å². The molecule has 4 heteroatoms. The van der Waals surface area contributed by atoms with Crippen LogP contribution >= 0.6 is 0 Å². The van der Waals surface area contributed by atoms with E-state index in [4.69, 9.17) is 5.53 Å². The minimum Gasteiger partial charge on any atom is -0.0940 e. The zero-order chi connectivity index (χ0) is 10.4. The van der Waals surface area contributed by atoms with E-state index in [1.165, 1.54) is 0 Å². The van der Waals surface area contributed by atoms with Gasteiger partial charge in [0, 0.05) is 20.3 Å². The van der Waals surface area contributed by atoms with E-state index >= 15 is 0 Å². The van der Waals surface area contributed by atoms with Gasteiger partial charge in [0.1, 0.15) is 0 Å². The molecule has 13 heavy (non-hydrogen) atoms. The molecule has 1 atom stereocenters. The summed E-state index contributed by atoms with van der Waals surface area (Å²) in [5, 5.41) is 3.67. The summed E-state index contributed by atoms with van der Waals surface area (Å²) in [4.78, 5) is 2.82. The lowest BCUT2D eigenvalue weighted by molar-refractivity contribution is 0.812. The lowest BCUT2D eigenvalue weighted by atomic mass is 10.5. The van der Waals surface area contributed by atoms with Crippen molar-refractivity contribution >= 4 is 8.80 Å². The van der Waals surface area contributed by atoms with E-state index in [1.54, 1.807) is 0 Å². The molecule has 0 bridgehead atoms. The standard InChI is InChI=1S/C9H21N3Si/c1-7(2)13(8(3)4)9(5)6-11-12-10/h7-9,13H,6H2,1-5H3. The predicted octanol–water partition coefficient (Wildman–Crippen LogP) is 3.73. The van der Waals surface area contributed by atoms with Crippen LogP contribution in [0.2, 0.25) is 16.6 Å². The molecule has 0 spiro atoms. The maximum Gasteiger partial charge on any atom is 0.0449 e. The van der Waals surface area contributed by atoms with E-state index < -0.39 is 8.80 Å². The van der Waals surface area contributed by atoms with Gasteiger partial charge in [-0.25, -0.2) is 0 Å². The summed E-state index contributed by atoms with van der Waals surface area (Å²) in [7, 11) is -0.771. The van der Waals surface area contributed by atoms with Gasteiger partial charge in [0.05, 0.1) is 0 Å². The fourth-order valence-corrected chi connectivity index (χ4v) is 6.88. The third-order valence-corrected chi connectivity index (χ3v) is 7.23. The fourth-order valence-electron chi connectivity index (χ4n) is 2.37. The van der Waals surface area contributed by atoms with Crippen molar-refractivity contribution < 1.29 is 0 Å². The monoisotopic (exact) mass is 199 g/mol. The summed E-state index contributed by atoms with van der Waals surface area (Å²) < 4.78 is 0. The Hall–Kier alpha value is -0.473. The molecule has 0 N–H and O–H groups in total. The molecule has 0 aromatic rings. The molecule has 0 aliphatic heterocycles. The summed E-state index contributed by atoms with van der Waals surface area (Å²) >= 11 is 0. The smallest absolute Gasteiger partial charge is 0.0449 e. The molecule has 0 saturated carbocycles. The molecule has 0 saturated heterocycles. The first-order valence-electron chi connectivity index (χ1n) is 5.01. The molecule has 3 nitrogen and oxygen atoms in total. The first kappa shape index (κ1) is 12.5. The second-order valence-corrected chi connectivity index (χ2v) is 9.42. The maximum absolute atomic E-state index is 8.25. The Balaban J connectivity index is 4.27. The van der Waals surface area contributed by atoms with Crippen molar-refractivity contribution in [3.05, 3.63) is 10.4 Å². The average Bonchev–Trinajstić information content (AvgIpc) is 1.99. The quantitative estimate of drug-likeness (QED) is 0.280. The van der Waals surface area contributed by atoms with Crippen LogP contribution in [0.1, 0.15) is 34.6 Å². The highest BCUT2D eigenvalue weighted by atomic mass is 28.3. The lowest BCUT2D eigenvalue weighted by Crippen LogP contribution is -2.27. The number of hydrogen-bond donors (Lipinski definition) is 0. The molecule has 0 aliphatic carbocycles. The Morgan fingerprint density at radius 3 is 1.92 bits per heavy atom. The SMILES string of the molecule is CC(C)[SiH](C(C)C)C(C)CN=[N+]=[N-]. The lowest BCUT2D eigenvalue weighted by Gasteiger charge is -2.28. The molecule has 0 aromatic carbocycles. The highest BCUT2D eigenvalue weighted by Gasteiger charge is 2.24. The van der Waals surface area contributed by atoms with E-state index in [2.05, 4.69) is 44.6 Å². The van der Waals surface area contributed by atoms with Crippen LogP contribution in [0, 0.1) is 0 Å². The molecular weight excluding hydrogens is 178 g/mol. The number of rotatable bonds is 5. The Morgan fingerprint density at radius 1 is 1.15 bits per heavy atom. The zero-order valence-electron chi connectivity index (χ0n) is 9.36. The van der Waals surface area contributed by atoms with Gasteiger partial charge in [-0.2, -0.15) is 0 Å². The van der Waals surface area contributed by atoms with Gasteiger partial charge in [-0.1, -0.05) is 50.8 Å². The van der Waals surface area contributed by atoms with Crippen LogP contribution in [0.4, 0.5) is 0 Å². The van der Waals surface area contributed by atoms with E-state index in [-0.39, 0.29) is 0 Å². The first-order valence-corrected chi connectivity index (χ1v) is 7.01. The van der Waals surface area contributed by atoms with Gasteiger partial charge in [-0.05, 0) is 11.1 Å². The number of hydrogen-bond acceptors (Lipinski definition) is 1. The highest BCUT2D eigenvalue weighted by Crippen LogP contribution is 2.29. The van der Waals surface area contributed by atoms with Gasteiger partial charge in [-0.3, -0.25) is 0 Å². The third kappa shape index (κ3) is 4.34. The zero-order valence-corrected chi connectivity index (χ0v) is 10.5. The Bertz CT molecular complexity index is 177. The van der Waals surface area contributed by atoms with E-state index in [0.29, 0.717) is 12.1 Å². The van der Waals surface area contributed by atoms with E-state index in [9.17, 15) is 0 Å². The van der Waals surface area contributed by atoms with Crippen molar-refractivity contribution in [2.45, 2.75) is 51.2 Å². The summed E-state index contributed by atoms with van der Waals surface area (Å²) in [6, 6.07) is 0. The van der Waals surface area contributed by atoms with Gasteiger partial charge in [0.2, 0.25) is 0 Å². The number of azide groups is 1. The summed E-state index contributed by atoms with van der Waals surface area (Å²) in [6.45, 7) is 12.1. The average molecular weight is 199 g/mol. The molecule has 0 amide bonds. The Labute approximate surface area is 82.8 Å². The van der Waals surface area contributed by atoms with Gasteiger partial charge >= 0.3 is 0 Å². The van der Waals surface area contributed by atoms with Crippen molar-refractivity contribution in [2.24, 2.45) is 5.11 Å². The predicted molar refractivity (Wildman–Crippen MR) is 60.8 cm³/mol. The van der Waals surface area contributed by atoms with Crippen LogP contribution in [0.5, 0.6) is 0 Å². The van der Waals surface area contributed by atoms with Crippen molar-refractivity contribution in [1.29, 1.82) is 0 Å². The molecular formula is C9H21N3Si. The van der Waals surface area contributed by atoms with E-state index in [0.717, 1.165) is 11.1 Å². The summed E-state index contributed by atoms with van der Waals surface area (Å²) in [5.74, 6) is 0. The second kappa shape index (κ2) is 6.05. The van der Waals surface area contributed by atoms with Crippen molar-refractivity contribution in [2.75, 3.05) is 6.54 Å². The largest absolute Gasteiger partial charge is 0.0940 e. The number of nitrogens with zero attached hydrogens (tertiary/aromatic N) is 3. The molecule has 1 unspecified atom stereocenters. The van der Waals surface area contributed by atoms with Crippen LogP contribution in [0.15, 0.2) is 5.11 Å². The van der Waals surface area contributed by atoms with Crippen molar-refractivity contribution in [3.8, 4) is 0 Å². The minimum atomic E-state index is -0.771.